The van der Waals surface area contributed by atoms with Crippen LogP contribution in [0.5, 0.6) is 0 Å². The average Bonchev–Trinajstić information content (AvgIpc) is 3.08. The number of hydrogen-bond acceptors (Lipinski definition) is 4. The first-order valence-corrected chi connectivity index (χ1v) is 7.66. The zero-order valence-corrected chi connectivity index (χ0v) is 12.1. The molecule has 1 heterocycles. The first-order chi connectivity index (χ1) is 9.72. The van der Waals surface area contributed by atoms with Crippen molar-refractivity contribution >= 4 is 22.9 Å². The second-order valence-electron chi connectivity index (χ2n) is 5.10. The van der Waals surface area contributed by atoms with Crippen LogP contribution in [0.2, 0.25) is 0 Å². The van der Waals surface area contributed by atoms with E-state index in [4.69, 9.17) is 0 Å². The molecule has 104 valence electrons. The molecule has 4 nitrogen and oxygen atoms in total. The number of nitrogens with one attached hydrogen (secondary N) is 2. The molecule has 0 spiro atoms. The third-order valence-electron chi connectivity index (χ3n) is 3.30. The third-order valence-corrected chi connectivity index (χ3v) is 4.26. The van der Waals surface area contributed by atoms with Gasteiger partial charge in [-0.05, 0) is 38.0 Å². The lowest BCUT2D eigenvalue weighted by atomic mass is 10.1. The highest BCUT2D eigenvalue weighted by Gasteiger charge is 2.23. The van der Waals surface area contributed by atoms with Gasteiger partial charge in [0.2, 0.25) is 0 Å². The molecule has 0 bridgehead atoms. The number of amides is 1. The number of aromatic nitrogens is 1. The Labute approximate surface area is 122 Å². The fraction of sp³-hybridized carbons (Fsp3) is 0.333. The molecule has 1 aromatic heterocycles. The molecule has 0 radical (unpaired) electrons. The average molecular weight is 287 g/mol. The smallest absolute Gasteiger partial charge is 0.251 e. The van der Waals surface area contributed by atoms with Gasteiger partial charge in [-0.2, -0.15) is 0 Å². The van der Waals surface area contributed by atoms with Crippen LogP contribution in [-0.4, -0.2) is 16.9 Å². The number of benzene rings is 1. The summed E-state index contributed by atoms with van der Waals surface area (Å²) in [5, 5.41) is 6.40. The molecular weight excluding hydrogens is 270 g/mol. The SMILES string of the molecule is CC(Nc1cccc(C(=O)NC2CC2)c1)c1cncs1. The van der Waals surface area contributed by atoms with E-state index in [1.54, 1.807) is 11.3 Å². The Morgan fingerprint density at radius 3 is 3.00 bits per heavy atom. The van der Waals surface area contributed by atoms with Crippen LogP contribution < -0.4 is 10.6 Å². The van der Waals surface area contributed by atoms with Gasteiger partial charge in [-0.25, -0.2) is 0 Å². The molecule has 2 aromatic rings. The molecule has 1 aliphatic rings. The van der Waals surface area contributed by atoms with Crippen LogP contribution in [0.25, 0.3) is 0 Å². The normalized spacial score (nSPS) is 15.7. The molecule has 3 rings (SSSR count). The molecule has 0 saturated heterocycles. The van der Waals surface area contributed by atoms with E-state index in [2.05, 4.69) is 22.5 Å². The third kappa shape index (κ3) is 3.17. The van der Waals surface area contributed by atoms with Gasteiger partial charge in [-0.1, -0.05) is 6.07 Å². The summed E-state index contributed by atoms with van der Waals surface area (Å²) in [7, 11) is 0. The summed E-state index contributed by atoms with van der Waals surface area (Å²) in [6.07, 6.45) is 4.07. The predicted octanol–water partition coefficient (Wildman–Crippen LogP) is 3.21. The van der Waals surface area contributed by atoms with E-state index in [0.717, 1.165) is 18.5 Å². The molecular formula is C15H17N3OS. The van der Waals surface area contributed by atoms with Gasteiger partial charge in [0.25, 0.3) is 5.91 Å². The van der Waals surface area contributed by atoms with Crippen molar-refractivity contribution in [3.05, 3.63) is 46.4 Å². The van der Waals surface area contributed by atoms with Gasteiger partial charge < -0.3 is 10.6 Å². The lowest BCUT2D eigenvalue weighted by molar-refractivity contribution is 0.0951. The molecule has 0 aliphatic heterocycles. The molecule has 2 N–H and O–H groups in total. The fourth-order valence-corrected chi connectivity index (χ4v) is 2.64. The number of carbonyl (C=O) groups is 1. The van der Waals surface area contributed by atoms with Crippen molar-refractivity contribution in [2.24, 2.45) is 0 Å². The first kappa shape index (κ1) is 13.1. The summed E-state index contributed by atoms with van der Waals surface area (Å²) >= 11 is 1.62. The lowest BCUT2D eigenvalue weighted by Gasteiger charge is -2.14. The van der Waals surface area contributed by atoms with Crippen molar-refractivity contribution in [2.45, 2.75) is 31.8 Å². The fourth-order valence-electron chi connectivity index (χ4n) is 2.01. The maximum absolute atomic E-state index is 12.0. The number of hydrogen-bond donors (Lipinski definition) is 2. The highest BCUT2D eigenvalue weighted by molar-refractivity contribution is 7.09. The van der Waals surface area contributed by atoms with Crippen LogP contribution in [0.3, 0.4) is 0 Å². The van der Waals surface area contributed by atoms with Gasteiger partial charge in [0, 0.05) is 28.4 Å². The minimum atomic E-state index is 0.0154. The topological polar surface area (TPSA) is 54.0 Å². The van der Waals surface area contributed by atoms with E-state index >= 15 is 0 Å². The van der Waals surface area contributed by atoms with Crippen molar-refractivity contribution in [1.82, 2.24) is 10.3 Å². The van der Waals surface area contributed by atoms with E-state index in [1.165, 1.54) is 4.88 Å². The first-order valence-electron chi connectivity index (χ1n) is 6.78. The van der Waals surface area contributed by atoms with Gasteiger partial charge in [0.1, 0.15) is 0 Å². The lowest BCUT2D eigenvalue weighted by Crippen LogP contribution is -2.25. The van der Waals surface area contributed by atoms with E-state index in [-0.39, 0.29) is 11.9 Å². The van der Waals surface area contributed by atoms with Gasteiger partial charge in [-0.3, -0.25) is 9.78 Å². The summed E-state index contributed by atoms with van der Waals surface area (Å²) in [5.74, 6) is 0.0154. The standard InChI is InChI=1S/C15H17N3OS/c1-10(14-8-16-9-20-14)17-13-4-2-3-11(7-13)15(19)18-12-5-6-12/h2-4,7-10,12,17H,5-6H2,1H3,(H,18,19). The number of anilines is 1. The number of nitrogens with zero attached hydrogens (tertiary/aromatic N) is 1. The van der Waals surface area contributed by atoms with Crippen molar-refractivity contribution in [3.8, 4) is 0 Å². The van der Waals surface area contributed by atoms with Crippen LogP contribution in [0.4, 0.5) is 5.69 Å². The Morgan fingerprint density at radius 1 is 1.45 bits per heavy atom. The quantitative estimate of drug-likeness (QED) is 0.888. The van der Waals surface area contributed by atoms with Gasteiger partial charge in [0.15, 0.2) is 0 Å². The second kappa shape index (κ2) is 5.63. The predicted molar refractivity (Wildman–Crippen MR) is 81.1 cm³/mol. The summed E-state index contributed by atoms with van der Waals surface area (Å²) in [4.78, 5) is 17.3. The molecule has 20 heavy (non-hydrogen) atoms. The van der Waals surface area contributed by atoms with Crippen molar-refractivity contribution in [2.75, 3.05) is 5.32 Å². The van der Waals surface area contributed by atoms with Gasteiger partial charge >= 0.3 is 0 Å². The highest BCUT2D eigenvalue weighted by atomic mass is 32.1. The molecule has 1 amide bonds. The Hall–Kier alpha value is -1.88. The van der Waals surface area contributed by atoms with Crippen molar-refractivity contribution in [3.63, 3.8) is 0 Å². The maximum atomic E-state index is 12.0. The zero-order valence-electron chi connectivity index (χ0n) is 11.3. The largest absolute Gasteiger partial charge is 0.378 e. The number of carbonyl (C=O) groups excluding carboxylic acids is 1. The molecule has 5 heteroatoms. The highest BCUT2D eigenvalue weighted by Crippen LogP contribution is 2.23. The molecule has 1 aliphatic carbocycles. The minimum Gasteiger partial charge on any atom is -0.378 e. The Kier molecular flexibility index (Phi) is 3.69. The van der Waals surface area contributed by atoms with Crippen LogP contribution in [0.1, 0.15) is 41.0 Å². The number of rotatable bonds is 5. The number of thiazole rings is 1. The molecule has 1 aromatic carbocycles. The van der Waals surface area contributed by atoms with E-state index in [9.17, 15) is 4.79 Å². The molecule has 1 saturated carbocycles. The Balaban J connectivity index is 1.68. The van der Waals surface area contributed by atoms with Crippen LogP contribution in [0, 0.1) is 0 Å². The summed E-state index contributed by atoms with van der Waals surface area (Å²) in [5.41, 5.74) is 3.49. The van der Waals surface area contributed by atoms with Crippen LogP contribution in [-0.2, 0) is 0 Å². The maximum Gasteiger partial charge on any atom is 0.251 e. The van der Waals surface area contributed by atoms with E-state index < -0.39 is 0 Å². The van der Waals surface area contributed by atoms with Crippen LogP contribution in [0.15, 0.2) is 36.0 Å². The van der Waals surface area contributed by atoms with Gasteiger partial charge in [-0.15, -0.1) is 11.3 Å². The zero-order chi connectivity index (χ0) is 13.9. The minimum absolute atomic E-state index is 0.0154. The molecule has 1 fully saturated rings. The van der Waals surface area contributed by atoms with Crippen molar-refractivity contribution in [1.29, 1.82) is 0 Å². The van der Waals surface area contributed by atoms with Gasteiger partial charge in [0.05, 0.1) is 11.6 Å². The summed E-state index contributed by atoms with van der Waals surface area (Å²) < 4.78 is 0. The second-order valence-corrected chi connectivity index (χ2v) is 6.02. The Bertz CT molecular complexity index is 593. The Morgan fingerprint density at radius 2 is 2.30 bits per heavy atom. The van der Waals surface area contributed by atoms with Crippen molar-refractivity contribution < 1.29 is 4.79 Å². The van der Waals surface area contributed by atoms with Crippen LogP contribution >= 0.6 is 11.3 Å². The monoisotopic (exact) mass is 287 g/mol. The summed E-state index contributed by atoms with van der Waals surface area (Å²) in [6.45, 7) is 2.09. The van der Waals surface area contributed by atoms with E-state index in [1.807, 2.05) is 36.0 Å². The molecule has 1 atom stereocenters. The van der Waals surface area contributed by atoms with E-state index in [0.29, 0.717) is 11.6 Å². The molecule has 1 unspecified atom stereocenters. The summed E-state index contributed by atoms with van der Waals surface area (Å²) in [6, 6.07) is 8.20.